The molecule has 1 unspecified atom stereocenters. The van der Waals surface area contributed by atoms with Crippen molar-refractivity contribution in [2.75, 3.05) is 20.3 Å². The van der Waals surface area contributed by atoms with Gasteiger partial charge in [0.1, 0.15) is 6.04 Å². The third-order valence-corrected chi connectivity index (χ3v) is 3.34. The molecule has 3 N–H and O–H groups in total. The van der Waals surface area contributed by atoms with E-state index in [1.54, 1.807) is 0 Å². The molecule has 0 saturated carbocycles. The molecule has 19 heavy (non-hydrogen) atoms. The topological polar surface area (TPSA) is 90.7 Å². The Morgan fingerprint density at radius 1 is 1.37 bits per heavy atom. The maximum absolute atomic E-state index is 12.2. The van der Waals surface area contributed by atoms with Crippen LogP contribution in [0.5, 0.6) is 0 Å². The number of rotatable bonds is 5. The van der Waals surface area contributed by atoms with Crippen LogP contribution < -0.4 is 11.1 Å². The van der Waals surface area contributed by atoms with Crippen LogP contribution in [0.15, 0.2) is 0 Å². The zero-order valence-corrected chi connectivity index (χ0v) is 11.9. The van der Waals surface area contributed by atoms with Crippen LogP contribution in [0.4, 0.5) is 0 Å². The third kappa shape index (κ3) is 4.47. The lowest BCUT2D eigenvalue weighted by molar-refractivity contribution is -0.146. The first-order valence-corrected chi connectivity index (χ1v) is 6.64. The Kier molecular flexibility index (Phi) is 5.75. The maximum atomic E-state index is 12.2. The summed E-state index contributed by atoms with van der Waals surface area (Å²) in [6.45, 7) is 4.90. The first-order chi connectivity index (χ1) is 8.89. The lowest BCUT2D eigenvalue weighted by Crippen LogP contribution is -2.60. The molecule has 0 aromatic carbocycles. The minimum atomic E-state index is -0.943. The molecule has 1 rings (SSSR count). The van der Waals surface area contributed by atoms with Crippen molar-refractivity contribution < 1.29 is 19.1 Å². The van der Waals surface area contributed by atoms with Crippen molar-refractivity contribution in [1.82, 2.24) is 5.32 Å². The van der Waals surface area contributed by atoms with E-state index >= 15 is 0 Å². The monoisotopic (exact) mass is 272 g/mol. The molecule has 0 spiro atoms. The zero-order valence-electron chi connectivity index (χ0n) is 11.9. The highest BCUT2D eigenvalue weighted by atomic mass is 16.5. The summed E-state index contributed by atoms with van der Waals surface area (Å²) in [5.74, 6) is -0.461. The molecule has 1 aliphatic rings. The summed E-state index contributed by atoms with van der Waals surface area (Å²) in [7, 11) is 1.31. The fourth-order valence-electron chi connectivity index (χ4n) is 2.09. The summed E-state index contributed by atoms with van der Waals surface area (Å²) in [6, 6.07) is -0.638. The van der Waals surface area contributed by atoms with Gasteiger partial charge in [0.15, 0.2) is 0 Å². The highest BCUT2D eigenvalue weighted by Gasteiger charge is 2.38. The van der Waals surface area contributed by atoms with Gasteiger partial charge in [-0.25, -0.2) is 4.79 Å². The van der Waals surface area contributed by atoms with Gasteiger partial charge in [0.25, 0.3) is 0 Å². The number of nitrogens with one attached hydrogen (secondary N) is 1. The summed E-state index contributed by atoms with van der Waals surface area (Å²) < 4.78 is 9.92. The molecule has 0 bridgehead atoms. The number of hydrogen-bond acceptors (Lipinski definition) is 5. The van der Waals surface area contributed by atoms with Gasteiger partial charge in [0.05, 0.1) is 12.6 Å². The number of hydrogen-bond donors (Lipinski definition) is 2. The van der Waals surface area contributed by atoms with Gasteiger partial charge in [0, 0.05) is 13.2 Å². The van der Waals surface area contributed by atoms with Gasteiger partial charge in [0.2, 0.25) is 5.91 Å². The number of methoxy groups -OCH3 is 1. The Balaban J connectivity index is 2.66. The van der Waals surface area contributed by atoms with Crippen molar-refractivity contribution in [3.05, 3.63) is 0 Å². The summed E-state index contributed by atoms with van der Waals surface area (Å²) in [5, 5.41) is 2.72. The van der Waals surface area contributed by atoms with E-state index in [2.05, 4.69) is 5.32 Å². The molecule has 1 fully saturated rings. The molecule has 0 aliphatic carbocycles. The summed E-state index contributed by atoms with van der Waals surface area (Å²) >= 11 is 0. The number of ether oxygens (including phenoxy) is 2. The Labute approximate surface area is 114 Å². The second-order valence-electron chi connectivity index (χ2n) is 5.45. The molecule has 1 aliphatic heterocycles. The predicted octanol–water partition coefficient (Wildman–Crippen LogP) is 0.198. The SMILES string of the molecule is COC(=O)C(CC(C)C)NC(=O)C1(N)CCOCC1. The number of carbonyl (C=O) groups is 2. The normalized spacial score (nSPS) is 19.8. The van der Waals surface area contributed by atoms with Gasteiger partial charge >= 0.3 is 5.97 Å². The predicted molar refractivity (Wildman–Crippen MR) is 70.4 cm³/mol. The molecule has 1 saturated heterocycles. The Morgan fingerprint density at radius 2 is 1.95 bits per heavy atom. The van der Waals surface area contributed by atoms with Crippen LogP contribution in [-0.4, -0.2) is 43.8 Å². The van der Waals surface area contributed by atoms with E-state index in [0.29, 0.717) is 32.5 Å². The van der Waals surface area contributed by atoms with Crippen molar-refractivity contribution in [3.8, 4) is 0 Å². The fraction of sp³-hybridized carbons (Fsp3) is 0.846. The van der Waals surface area contributed by atoms with E-state index < -0.39 is 17.6 Å². The molecular weight excluding hydrogens is 248 g/mol. The van der Waals surface area contributed by atoms with Crippen LogP contribution in [0.25, 0.3) is 0 Å². The van der Waals surface area contributed by atoms with E-state index in [1.165, 1.54) is 7.11 Å². The number of amides is 1. The molecule has 1 atom stereocenters. The zero-order chi connectivity index (χ0) is 14.5. The van der Waals surface area contributed by atoms with Gasteiger partial charge in [-0.15, -0.1) is 0 Å². The molecule has 6 heteroatoms. The van der Waals surface area contributed by atoms with Crippen LogP contribution in [0, 0.1) is 5.92 Å². The number of carbonyl (C=O) groups excluding carboxylic acids is 2. The van der Waals surface area contributed by atoms with E-state index in [9.17, 15) is 9.59 Å². The highest BCUT2D eigenvalue weighted by molar-refractivity contribution is 5.90. The first-order valence-electron chi connectivity index (χ1n) is 6.64. The second kappa shape index (κ2) is 6.86. The quantitative estimate of drug-likeness (QED) is 0.698. The van der Waals surface area contributed by atoms with Crippen molar-refractivity contribution in [1.29, 1.82) is 0 Å². The van der Waals surface area contributed by atoms with Crippen LogP contribution in [0.3, 0.4) is 0 Å². The molecule has 1 amide bonds. The van der Waals surface area contributed by atoms with E-state index in [0.717, 1.165) is 0 Å². The standard InChI is InChI=1S/C13H24N2O4/c1-9(2)8-10(11(16)18-3)15-12(17)13(14)4-6-19-7-5-13/h9-10H,4-8,14H2,1-3H3,(H,15,17). The first kappa shape index (κ1) is 15.9. The van der Waals surface area contributed by atoms with Crippen molar-refractivity contribution in [3.63, 3.8) is 0 Å². The van der Waals surface area contributed by atoms with Crippen LogP contribution in [-0.2, 0) is 19.1 Å². The minimum Gasteiger partial charge on any atom is -0.467 e. The molecule has 0 aromatic rings. The average molecular weight is 272 g/mol. The molecule has 1 heterocycles. The molecular formula is C13H24N2O4. The molecule has 110 valence electrons. The summed E-state index contributed by atoms with van der Waals surface area (Å²) in [6.07, 6.45) is 1.47. The van der Waals surface area contributed by atoms with Crippen molar-refractivity contribution in [2.45, 2.75) is 44.7 Å². The lowest BCUT2D eigenvalue weighted by Gasteiger charge is -2.33. The van der Waals surface area contributed by atoms with E-state index in [1.807, 2.05) is 13.8 Å². The highest BCUT2D eigenvalue weighted by Crippen LogP contribution is 2.18. The van der Waals surface area contributed by atoms with Gasteiger partial charge < -0.3 is 20.5 Å². The number of nitrogens with two attached hydrogens (primary N) is 1. The second-order valence-corrected chi connectivity index (χ2v) is 5.45. The molecule has 0 aromatic heterocycles. The minimum absolute atomic E-state index is 0.271. The smallest absolute Gasteiger partial charge is 0.328 e. The Morgan fingerprint density at radius 3 is 2.42 bits per heavy atom. The maximum Gasteiger partial charge on any atom is 0.328 e. The summed E-state index contributed by atoms with van der Waals surface area (Å²) in [4.78, 5) is 23.9. The van der Waals surface area contributed by atoms with E-state index in [4.69, 9.17) is 15.2 Å². The Bertz CT molecular complexity index is 325. The third-order valence-electron chi connectivity index (χ3n) is 3.34. The van der Waals surface area contributed by atoms with Crippen LogP contribution in [0.2, 0.25) is 0 Å². The van der Waals surface area contributed by atoms with Crippen LogP contribution >= 0.6 is 0 Å². The van der Waals surface area contributed by atoms with Crippen molar-refractivity contribution >= 4 is 11.9 Å². The largest absolute Gasteiger partial charge is 0.467 e. The summed E-state index contributed by atoms with van der Waals surface area (Å²) in [5.41, 5.74) is 5.14. The van der Waals surface area contributed by atoms with Gasteiger partial charge in [-0.1, -0.05) is 13.8 Å². The van der Waals surface area contributed by atoms with Gasteiger partial charge in [-0.05, 0) is 25.2 Å². The van der Waals surface area contributed by atoms with Gasteiger partial charge in [-0.2, -0.15) is 0 Å². The van der Waals surface area contributed by atoms with Gasteiger partial charge in [-0.3, -0.25) is 4.79 Å². The van der Waals surface area contributed by atoms with E-state index in [-0.39, 0.29) is 11.8 Å². The number of esters is 1. The van der Waals surface area contributed by atoms with Crippen molar-refractivity contribution in [2.24, 2.45) is 11.7 Å². The Hall–Kier alpha value is -1.14. The van der Waals surface area contributed by atoms with Crippen LogP contribution in [0.1, 0.15) is 33.1 Å². The lowest BCUT2D eigenvalue weighted by atomic mass is 9.89. The molecule has 6 nitrogen and oxygen atoms in total. The average Bonchev–Trinajstić information content (AvgIpc) is 2.37. The molecule has 0 radical (unpaired) electrons. The fourth-order valence-corrected chi connectivity index (χ4v) is 2.09.